The number of unbranched alkanes of at least 4 members (excludes halogenated alkanes) is 1. The van der Waals surface area contributed by atoms with E-state index in [0.29, 0.717) is 18.3 Å². The van der Waals surface area contributed by atoms with Crippen molar-refractivity contribution in [2.45, 2.75) is 66.0 Å². The lowest BCUT2D eigenvalue weighted by Gasteiger charge is -2.13. The van der Waals surface area contributed by atoms with Crippen molar-refractivity contribution in [3.8, 4) is 28.3 Å². The second kappa shape index (κ2) is 11.0. The highest BCUT2D eigenvalue weighted by atomic mass is 16.1. The van der Waals surface area contributed by atoms with Gasteiger partial charge in [0.05, 0.1) is 6.54 Å². The Balaban J connectivity index is 1.56. The molecule has 0 amide bonds. The Labute approximate surface area is 222 Å². The molecule has 0 saturated carbocycles. The number of rotatable bonds is 10. The van der Waals surface area contributed by atoms with Crippen molar-refractivity contribution in [3.63, 3.8) is 0 Å². The number of aromatic amines is 1. The van der Waals surface area contributed by atoms with Crippen LogP contribution in [0.25, 0.3) is 28.3 Å². The number of aromatic nitrogens is 8. The van der Waals surface area contributed by atoms with Crippen molar-refractivity contribution in [2.24, 2.45) is 0 Å². The van der Waals surface area contributed by atoms with Gasteiger partial charge in [-0.3, -0.25) is 14.1 Å². The third-order valence-electron chi connectivity index (χ3n) is 7.05. The number of imidazole rings is 1. The fraction of sp³-hybridized carbons (Fsp3) is 0.345. The van der Waals surface area contributed by atoms with Crippen LogP contribution in [0.5, 0.6) is 0 Å². The normalized spacial score (nSPS) is 11.5. The van der Waals surface area contributed by atoms with Crippen LogP contribution in [0.15, 0.2) is 66.0 Å². The fourth-order valence-corrected chi connectivity index (χ4v) is 4.96. The summed E-state index contributed by atoms with van der Waals surface area (Å²) in [6, 6.07) is 12.2. The summed E-state index contributed by atoms with van der Waals surface area (Å²) in [6.07, 6.45) is 10.7. The number of pyridine rings is 1. The van der Waals surface area contributed by atoms with E-state index in [-0.39, 0.29) is 5.69 Å². The van der Waals surface area contributed by atoms with Gasteiger partial charge in [0.2, 0.25) is 0 Å². The predicted molar refractivity (Wildman–Crippen MR) is 148 cm³/mol. The molecule has 0 saturated heterocycles. The first-order valence-electron chi connectivity index (χ1n) is 13.3. The molecule has 0 aliphatic heterocycles. The summed E-state index contributed by atoms with van der Waals surface area (Å²) in [6.45, 7) is 9.88. The molecular formula is C29H34N8O. The summed E-state index contributed by atoms with van der Waals surface area (Å²) in [5.74, 6) is 1.90. The predicted octanol–water partition coefficient (Wildman–Crippen LogP) is 5.22. The zero-order valence-electron chi connectivity index (χ0n) is 22.4. The van der Waals surface area contributed by atoms with Gasteiger partial charge in [-0.2, -0.15) is 0 Å². The lowest BCUT2D eigenvalue weighted by molar-refractivity contribution is 0.661. The molecule has 196 valence electrons. The molecule has 4 aromatic heterocycles. The molecule has 0 spiro atoms. The number of nitrogens with one attached hydrogen (secondary N) is 1. The SMILES string of the molecule is CCCCc1cn(-c2c(C(C)C)ccn2CC)c(=O)n1Cc1cnccc1-c1ccc(-c2nnn[nH]2)cc1. The van der Waals surface area contributed by atoms with E-state index in [4.69, 9.17) is 0 Å². The number of hydrogen-bond donors (Lipinski definition) is 1. The highest BCUT2D eigenvalue weighted by Crippen LogP contribution is 2.28. The largest absolute Gasteiger partial charge is 0.334 e. The Bertz CT molecular complexity index is 1560. The van der Waals surface area contributed by atoms with E-state index < -0.39 is 0 Å². The van der Waals surface area contributed by atoms with Gasteiger partial charge in [0.25, 0.3) is 0 Å². The molecule has 0 unspecified atom stereocenters. The Morgan fingerprint density at radius 2 is 1.82 bits per heavy atom. The van der Waals surface area contributed by atoms with Gasteiger partial charge >= 0.3 is 5.69 Å². The minimum absolute atomic E-state index is 0.0191. The summed E-state index contributed by atoms with van der Waals surface area (Å²) in [5, 5.41) is 14.1. The monoisotopic (exact) mass is 510 g/mol. The second-order valence-electron chi connectivity index (χ2n) is 9.86. The maximum absolute atomic E-state index is 14.0. The highest BCUT2D eigenvalue weighted by molar-refractivity contribution is 5.70. The van der Waals surface area contributed by atoms with Crippen molar-refractivity contribution in [1.82, 2.24) is 39.3 Å². The Kier molecular flexibility index (Phi) is 7.35. The van der Waals surface area contributed by atoms with E-state index in [0.717, 1.165) is 59.6 Å². The minimum atomic E-state index is -0.0191. The van der Waals surface area contributed by atoms with Crippen LogP contribution in [0.1, 0.15) is 63.3 Å². The molecule has 5 aromatic rings. The number of H-pyrrole nitrogens is 1. The molecule has 5 rings (SSSR count). The zero-order valence-corrected chi connectivity index (χ0v) is 22.4. The van der Waals surface area contributed by atoms with Crippen LogP contribution < -0.4 is 5.69 Å². The summed E-state index contributed by atoms with van der Waals surface area (Å²) in [4.78, 5) is 18.4. The van der Waals surface area contributed by atoms with Crippen LogP contribution in [-0.2, 0) is 19.5 Å². The summed E-state index contributed by atoms with van der Waals surface area (Å²) >= 11 is 0. The second-order valence-corrected chi connectivity index (χ2v) is 9.86. The third-order valence-corrected chi connectivity index (χ3v) is 7.05. The molecule has 0 aliphatic carbocycles. The molecule has 0 atom stereocenters. The molecule has 0 bridgehead atoms. The highest BCUT2D eigenvalue weighted by Gasteiger charge is 2.20. The minimum Gasteiger partial charge on any atom is -0.334 e. The lowest BCUT2D eigenvalue weighted by atomic mass is 10.00. The van der Waals surface area contributed by atoms with Crippen molar-refractivity contribution in [1.29, 1.82) is 0 Å². The summed E-state index contributed by atoms with van der Waals surface area (Å²) in [7, 11) is 0. The first kappa shape index (κ1) is 25.4. The molecule has 1 aromatic carbocycles. The number of tetrazole rings is 1. The third kappa shape index (κ3) is 4.83. The van der Waals surface area contributed by atoms with Crippen molar-refractivity contribution in [2.75, 3.05) is 0 Å². The number of aryl methyl sites for hydroxylation is 2. The molecule has 1 N–H and O–H groups in total. The van der Waals surface area contributed by atoms with E-state index in [9.17, 15) is 4.79 Å². The Morgan fingerprint density at radius 3 is 2.50 bits per heavy atom. The Morgan fingerprint density at radius 1 is 1.03 bits per heavy atom. The molecule has 0 aliphatic rings. The summed E-state index contributed by atoms with van der Waals surface area (Å²) < 4.78 is 5.92. The van der Waals surface area contributed by atoms with Gasteiger partial charge in [0, 0.05) is 42.6 Å². The number of nitrogens with zero attached hydrogens (tertiary/aromatic N) is 7. The van der Waals surface area contributed by atoms with Gasteiger partial charge in [0.1, 0.15) is 5.82 Å². The number of benzene rings is 1. The van der Waals surface area contributed by atoms with E-state index in [1.165, 1.54) is 5.56 Å². The molecule has 0 radical (unpaired) electrons. The molecule has 0 fully saturated rings. The first-order valence-corrected chi connectivity index (χ1v) is 13.3. The molecule has 9 nitrogen and oxygen atoms in total. The van der Waals surface area contributed by atoms with Crippen LogP contribution in [0, 0.1) is 0 Å². The van der Waals surface area contributed by atoms with Gasteiger partial charge < -0.3 is 4.57 Å². The maximum Gasteiger partial charge on any atom is 0.334 e. The van der Waals surface area contributed by atoms with Gasteiger partial charge in [-0.1, -0.05) is 51.5 Å². The average Bonchev–Trinajstić information content (AvgIpc) is 3.68. The van der Waals surface area contributed by atoms with Crippen LogP contribution in [0.4, 0.5) is 0 Å². The Hall–Kier alpha value is -4.27. The molecular weight excluding hydrogens is 476 g/mol. The van der Waals surface area contributed by atoms with Gasteiger partial charge in [-0.25, -0.2) is 9.89 Å². The molecule has 38 heavy (non-hydrogen) atoms. The maximum atomic E-state index is 14.0. The zero-order chi connectivity index (χ0) is 26.6. The quantitative estimate of drug-likeness (QED) is 0.278. The smallest absolute Gasteiger partial charge is 0.334 e. The first-order chi connectivity index (χ1) is 18.5. The average molecular weight is 511 g/mol. The number of hydrogen-bond acceptors (Lipinski definition) is 5. The summed E-state index contributed by atoms with van der Waals surface area (Å²) in [5.41, 5.74) is 6.19. The van der Waals surface area contributed by atoms with Crippen LogP contribution in [0.2, 0.25) is 0 Å². The van der Waals surface area contributed by atoms with Crippen LogP contribution in [-0.4, -0.2) is 39.3 Å². The van der Waals surface area contributed by atoms with Gasteiger partial charge in [-0.05, 0) is 70.5 Å². The van der Waals surface area contributed by atoms with E-state index in [2.05, 4.69) is 70.1 Å². The van der Waals surface area contributed by atoms with Crippen molar-refractivity contribution in [3.05, 3.63) is 88.5 Å². The molecule has 4 heterocycles. The molecule has 9 heteroatoms. The van der Waals surface area contributed by atoms with Crippen LogP contribution >= 0.6 is 0 Å². The van der Waals surface area contributed by atoms with Crippen molar-refractivity contribution < 1.29 is 0 Å². The standard InChI is InChI=1S/C29H34N8O/c1-5-7-8-24-19-37(28-25(20(3)4)14-16-35(28)6-2)29(38)36(24)18-23-17-30-15-13-26(23)21-9-11-22(12-10-21)27-31-33-34-32-27/h9-17,19-20H,5-8,18H2,1-4H3,(H,31,32,33,34). The van der Waals surface area contributed by atoms with Gasteiger partial charge in [0.15, 0.2) is 5.82 Å². The van der Waals surface area contributed by atoms with Crippen molar-refractivity contribution >= 4 is 0 Å². The topological polar surface area (TPSA) is 99.2 Å². The van der Waals surface area contributed by atoms with E-state index >= 15 is 0 Å². The van der Waals surface area contributed by atoms with Crippen LogP contribution in [0.3, 0.4) is 0 Å². The van der Waals surface area contributed by atoms with E-state index in [1.54, 1.807) is 6.20 Å². The fourth-order valence-electron chi connectivity index (χ4n) is 4.96. The van der Waals surface area contributed by atoms with Gasteiger partial charge in [-0.15, -0.1) is 5.10 Å². The van der Waals surface area contributed by atoms with E-state index in [1.807, 2.05) is 51.9 Å². The lowest BCUT2D eigenvalue weighted by Crippen LogP contribution is -2.27.